The van der Waals surface area contributed by atoms with E-state index in [1.165, 1.54) is 12.1 Å². The largest absolute Gasteiger partial charge is 0.481 e. The molecule has 8 heteroatoms. The lowest BCUT2D eigenvalue weighted by molar-refractivity contribution is -0.139. The van der Waals surface area contributed by atoms with Crippen LogP contribution in [0.4, 0.5) is 4.39 Å². The van der Waals surface area contributed by atoms with Crippen molar-refractivity contribution in [2.45, 2.75) is 44.6 Å². The van der Waals surface area contributed by atoms with Gasteiger partial charge in [-0.05, 0) is 38.3 Å². The Kier molecular flexibility index (Phi) is 5.70. The van der Waals surface area contributed by atoms with Crippen LogP contribution in [0.1, 0.15) is 53.9 Å². The number of carbonyl (C=O) groups excluding carboxylic acids is 1. The van der Waals surface area contributed by atoms with Gasteiger partial charge in [-0.15, -0.1) is 0 Å². The van der Waals surface area contributed by atoms with Crippen LogP contribution in [0.2, 0.25) is 5.02 Å². The molecule has 0 spiro atoms. The van der Waals surface area contributed by atoms with Crippen molar-refractivity contribution in [1.29, 1.82) is 0 Å². The summed E-state index contributed by atoms with van der Waals surface area (Å²) < 4.78 is 14.3. The zero-order valence-electron chi connectivity index (χ0n) is 14.7. The molecule has 2 aromatic rings. The third kappa shape index (κ3) is 4.24. The van der Waals surface area contributed by atoms with Crippen LogP contribution in [0.3, 0.4) is 0 Å². The summed E-state index contributed by atoms with van der Waals surface area (Å²) in [6.45, 7) is 1.80. The van der Waals surface area contributed by atoms with E-state index in [4.69, 9.17) is 11.6 Å². The molecule has 1 aromatic carbocycles. The molecule has 1 aliphatic rings. The van der Waals surface area contributed by atoms with Crippen molar-refractivity contribution in [3.05, 3.63) is 57.9 Å². The van der Waals surface area contributed by atoms with Crippen molar-refractivity contribution in [1.82, 2.24) is 15.3 Å². The number of benzene rings is 1. The Balaban J connectivity index is 1.89. The molecule has 3 rings (SSSR count). The predicted octanol–water partition coefficient (Wildman–Crippen LogP) is 3.33. The summed E-state index contributed by atoms with van der Waals surface area (Å²) in [6, 6.07) is 3.67. The number of amides is 1. The summed E-state index contributed by atoms with van der Waals surface area (Å²) in [4.78, 5) is 32.8. The van der Waals surface area contributed by atoms with Gasteiger partial charge in [0.25, 0.3) is 0 Å². The van der Waals surface area contributed by atoms with Gasteiger partial charge in [-0.2, -0.15) is 0 Å². The molecule has 1 aliphatic carbocycles. The lowest BCUT2D eigenvalue weighted by Crippen LogP contribution is -2.36. The predicted molar refractivity (Wildman–Crippen MR) is 97.0 cm³/mol. The molecule has 27 heavy (non-hydrogen) atoms. The summed E-state index contributed by atoms with van der Waals surface area (Å²) in [5, 5.41) is 12.1. The van der Waals surface area contributed by atoms with Crippen LogP contribution in [0.25, 0.3) is 0 Å². The Bertz CT molecular complexity index is 870. The summed E-state index contributed by atoms with van der Waals surface area (Å²) in [6.07, 6.45) is 3.43. The fourth-order valence-electron chi connectivity index (χ4n) is 3.41. The molecule has 6 nitrogen and oxygen atoms in total. The first-order valence-corrected chi connectivity index (χ1v) is 9.03. The Labute approximate surface area is 160 Å². The van der Waals surface area contributed by atoms with Gasteiger partial charge in [0.1, 0.15) is 11.6 Å². The van der Waals surface area contributed by atoms with E-state index in [0.717, 1.165) is 30.2 Å². The molecular formula is C19H19ClFN3O3. The Morgan fingerprint density at radius 2 is 2.22 bits per heavy atom. The number of rotatable bonds is 5. The van der Waals surface area contributed by atoms with Crippen molar-refractivity contribution < 1.29 is 19.1 Å². The van der Waals surface area contributed by atoms with Crippen molar-refractivity contribution in [2.24, 2.45) is 0 Å². The highest BCUT2D eigenvalue weighted by atomic mass is 35.5. The molecule has 2 unspecified atom stereocenters. The van der Waals surface area contributed by atoms with Gasteiger partial charge in [-0.1, -0.05) is 17.7 Å². The number of aryl methyl sites for hydroxylation is 2. The highest BCUT2D eigenvalue weighted by Crippen LogP contribution is 2.33. The van der Waals surface area contributed by atoms with Crippen LogP contribution in [0.5, 0.6) is 0 Å². The molecule has 0 fully saturated rings. The number of nitrogens with zero attached hydrogens (tertiary/aromatic N) is 2. The second-order valence-electron chi connectivity index (χ2n) is 6.56. The minimum Gasteiger partial charge on any atom is -0.481 e. The highest BCUT2D eigenvalue weighted by molar-refractivity contribution is 6.31. The molecule has 1 aromatic heterocycles. The van der Waals surface area contributed by atoms with Crippen LogP contribution >= 0.6 is 11.6 Å². The first-order chi connectivity index (χ1) is 12.9. The first kappa shape index (κ1) is 19.2. The van der Waals surface area contributed by atoms with Gasteiger partial charge in [0.15, 0.2) is 0 Å². The van der Waals surface area contributed by atoms with E-state index in [2.05, 4.69) is 15.3 Å². The van der Waals surface area contributed by atoms with Crippen LogP contribution in [-0.4, -0.2) is 27.0 Å². The Morgan fingerprint density at radius 3 is 2.93 bits per heavy atom. The second-order valence-corrected chi connectivity index (χ2v) is 6.97. The topological polar surface area (TPSA) is 92.2 Å². The van der Waals surface area contributed by atoms with Crippen molar-refractivity contribution in [3.63, 3.8) is 0 Å². The standard InChI is InChI=1S/C19H19ClFN3O3/c1-10-22-9-12-15(23-10)6-3-7-16(12)24-19(27)11(8-17(25)26)18-13(20)4-2-5-14(18)21/h2,4-5,9,11,16H,3,6-8H2,1H3,(H,24,27)(H,25,26). The third-order valence-electron chi connectivity index (χ3n) is 4.66. The molecule has 1 heterocycles. The van der Waals surface area contributed by atoms with Crippen molar-refractivity contribution in [3.8, 4) is 0 Å². The van der Waals surface area contributed by atoms with Crippen LogP contribution in [0, 0.1) is 12.7 Å². The monoisotopic (exact) mass is 391 g/mol. The molecule has 1 amide bonds. The fraction of sp³-hybridized carbons (Fsp3) is 0.368. The van der Waals surface area contributed by atoms with Gasteiger partial charge in [0.05, 0.1) is 18.4 Å². The molecule has 0 saturated heterocycles. The van der Waals surface area contributed by atoms with E-state index in [-0.39, 0.29) is 16.6 Å². The van der Waals surface area contributed by atoms with Gasteiger partial charge in [0, 0.05) is 28.0 Å². The smallest absolute Gasteiger partial charge is 0.304 e. The number of aliphatic carboxylic acids is 1. The molecular weight excluding hydrogens is 373 g/mol. The molecule has 0 saturated carbocycles. The van der Waals surface area contributed by atoms with E-state index >= 15 is 0 Å². The van der Waals surface area contributed by atoms with E-state index < -0.39 is 30.0 Å². The molecule has 0 radical (unpaired) electrons. The van der Waals surface area contributed by atoms with Gasteiger partial charge in [-0.25, -0.2) is 14.4 Å². The van der Waals surface area contributed by atoms with Gasteiger partial charge >= 0.3 is 5.97 Å². The first-order valence-electron chi connectivity index (χ1n) is 8.65. The van der Waals surface area contributed by atoms with Crippen LogP contribution < -0.4 is 5.32 Å². The van der Waals surface area contributed by atoms with Crippen LogP contribution in [0.15, 0.2) is 24.4 Å². The number of hydrogen-bond donors (Lipinski definition) is 2. The maximum Gasteiger partial charge on any atom is 0.304 e. The normalized spacial score (nSPS) is 17.1. The minimum absolute atomic E-state index is 0.0272. The lowest BCUT2D eigenvalue weighted by atomic mass is 9.90. The molecule has 0 bridgehead atoms. The molecule has 2 N–H and O–H groups in total. The number of carboxylic acids is 1. The second kappa shape index (κ2) is 8.00. The summed E-state index contributed by atoms with van der Waals surface area (Å²) in [7, 11) is 0. The lowest BCUT2D eigenvalue weighted by Gasteiger charge is -2.27. The van der Waals surface area contributed by atoms with E-state index in [1.807, 2.05) is 0 Å². The number of carboxylic acid groups (broad SMARTS) is 1. The number of halogens is 2. The Morgan fingerprint density at radius 1 is 1.44 bits per heavy atom. The SMILES string of the molecule is Cc1ncc2c(n1)CCCC2NC(=O)C(CC(=O)O)c1c(F)cccc1Cl. The van der Waals surface area contributed by atoms with Gasteiger partial charge < -0.3 is 10.4 Å². The van der Waals surface area contributed by atoms with Crippen LogP contribution in [-0.2, 0) is 16.0 Å². The zero-order chi connectivity index (χ0) is 19.6. The van der Waals surface area contributed by atoms with Crippen molar-refractivity contribution >= 4 is 23.5 Å². The quantitative estimate of drug-likeness (QED) is 0.815. The highest BCUT2D eigenvalue weighted by Gasteiger charge is 2.31. The number of aromatic nitrogens is 2. The van der Waals surface area contributed by atoms with Gasteiger partial charge in [-0.3, -0.25) is 9.59 Å². The summed E-state index contributed by atoms with van der Waals surface area (Å²) in [5.74, 6) is -3.07. The molecule has 142 valence electrons. The minimum atomic E-state index is -1.23. The maximum absolute atomic E-state index is 14.3. The van der Waals surface area contributed by atoms with E-state index in [0.29, 0.717) is 12.2 Å². The average Bonchev–Trinajstić information content (AvgIpc) is 2.60. The number of hydrogen-bond acceptors (Lipinski definition) is 4. The summed E-state index contributed by atoms with van der Waals surface area (Å²) >= 11 is 6.06. The third-order valence-corrected chi connectivity index (χ3v) is 4.99. The zero-order valence-corrected chi connectivity index (χ0v) is 15.5. The Hall–Kier alpha value is -2.54. The fourth-order valence-corrected chi connectivity index (χ4v) is 3.71. The number of carbonyl (C=O) groups is 2. The number of nitrogens with one attached hydrogen (secondary N) is 1. The van der Waals surface area contributed by atoms with Gasteiger partial charge in [0.2, 0.25) is 5.91 Å². The van der Waals surface area contributed by atoms with Crippen molar-refractivity contribution in [2.75, 3.05) is 0 Å². The maximum atomic E-state index is 14.3. The number of fused-ring (bicyclic) bond motifs is 1. The van der Waals surface area contributed by atoms with E-state index in [9.17, 15) is 19.1 Å². The average molecular weight is 392 g/mol. The molecule has 0 aliphatic heterocycles. The molecule has 2 atom stereocenters. The van der Waals surface area contributed by atoms with E-state index in [1.54, 1.807) is 13.1 Å². The summed E-state index contributed by atoms with van der Waals surface area (Å²) in [5.41, 5.74) is 1.59.